The molecule has 0 unspecified atom stereocenters. The molecule has 1 aromatic heterocycles. The van der Waals surface area contributed by atoms with Gasteiger partial charge >= 0.3 is 0 Å². The number of ether oxygens (including phenoxy) is 2. The molecule has 4 heteroatoms. The first-order chi connectivity index (χ1) is 7.36. The second-order valence-corrected chi connectivity index (χ2v) is 3.25. The number of hydrogen-bond acceptors (Lipinski definition) is 4. The van der Waals surface area contributed by atoms with Crippen molar-refractivity contribution >= 4 is 0 Å². The summed E-state index contributed by atoms with van der Waals surface area (Å²) >= 11 is 0. The highest BCUT2D eigenvalue weighted by molar-refractivity contribution is 5.11. The predicted octanol–water partition coefficient (Wildman–Crippen LogP) is 1.55. The number of methoxy groups -OCH3 is 1. The van der Waals surface area contributed by atoms with E-state index < -0.39 is 0 Å². The molecule has 0 fully saturated rings. The van der Waals surface area contributed by atoms with Crippen molar-refractivity contribution in [1.29, 1.82) is 0 Å². The molecular weight excluding hydrogens is 194 g/mol. The van der Waals surface area contributed by atoms with Crippen LogP contribution in [0.4, 0.5) is 0 Å². The van der Waals surface area contributed by atoms with Crippen LogP contribution < -0.4 is 5.32 Å². The van der Waals surface area contributed by atoms with Gasteiger partial charge in [0.2, 0.25) is 0 Å². The zero-order valence-electron chi connectivity index (χ0n) is 9.41. The quantitative estimate of drug-likeness (QED) is 0.665. The van der Waals surface area contributed by atoms with Crippen LogP contribution in [0, 0.1) is 0 Å². The summed E-state index contributed by atoms with van der Waals surface area (Å²) in [5, 5.41) is 3.23. The molecule has 1 N–H and O–H groups in total. The van der Waals surface area contributed by atoms with Gasteiger partial charge < -0.3 is 19.2 Å². The van der Waals surface area contributed by atoms with Crippen molar-refractivity contribution in [2.24, 2.45) is 0 Å². The van der Waals surface area contributed by atoms with E-state index in [1.54, 1.807) is 13.4 Å². The lowest BCUT2D eigenvalue weighted by Gasteiger charge is -1.99. The van der Waals surface area contributed by atoms with Crippen LogP contribution in [-0.2, 0) is 22.6 Å². The molecule has 0 saturated carbocycles. The lowest BCUT2D eigenvalue weighted by molar-refractivity contribution is 0.0538. The molecule has 0 saturated heterocycles. The van der Waals surface area contributed by atoms with E-state index in [0.717, 1.165) is 24.4 Å². The number of furan rings is 1. The Morgan fingerprint density at radius 3 is 3.00 bits per heavy atom. The molecule has 4 nitrogen and oxygen atoms in total. The topological polar surface area (TPSA) is 43.6 Å². The molecule has 86 valence electrons. The summed E-state index contributed by atoms with van der Waals surface area (Å²) in [7, 11) is 1.66. The first kappa shape index (κ1) is 12.2. The Morgan fingerprint density at radius 2 is 2.27 bits per heavy atom. The van der Waals surface area contributed by atoms with E-state index in [0.29, 0.717) is 19.8 Å². The summed E-state index contributed by atoms with van der Waals surface area (Å²) in [6, 6.07) is 2.01. The maximum Gasteiger partial charge on any atom is 0.129 e. The van der Waals surface area contributed by atoms with Crippen LogP contribution in [0.2, 0.25) is 0 Å². The Kier molecular flexibility index (Phi) is 6.08. The minimum Gasteiger partial charge on any atom is -0.467 e. The van der Waals surface area contributed by atoms with Gasteiger partial charge in [-0.3, -0.25) is 0 Å². The van der Waals surface area contributed by atoms with E-state index in [2.05, 4.69) is 12.2 Å². The van der Waals surface area contributed by atoms with Crippen LogP contribution in [0.15, 0.2) is 16.7 Å². The lowest BCUT2D eigenvalue weighted by Crippen LogP contribution is -2.10. The van der Waals surface area contributed by atoms with Crippen LogP contribution in [0.25, 0.3) is 0 Å². The summed E-state index contributed by atoms with van der Waals surface area (Å²) in [6.07, 6.45) is 1.76. The summed E-state index contributed by atoms with van der Waals surface area (Å²) in [6.45, 7) is 5.61. The van der Waals surface area contributed by atoms with Crippen molar-refractivity contribution in [3.63, 3.8) is 0 Å². The summed E-state index contributed by atoms with van der Waals surface area (Å²) in [5.74, 6) is 0.860. The van der Waals surface area contributed by atoms with Gasteiger partial charge in [-0.25, -0.2) is 0 Å². The fraction of sp³-hybridized carbons (Fsp3) is 0.636. The first-order valence-corrected chi connectivity index (χ1v) is 5.20. The minimum absolute atomic E-state index is 0.509. The average Bonchev–Trinajstić information content (AvgIpc) is 2.69. The summed E-state index contributed by atoms with van der Waals surface area (Å²) < 4.78 is 15.5. The van der Waals surface area contributed by atoms with E-state index >= 15 is 0 Å². The smallest absolute Gasteiger partial charge is 0.129 e. The van der Waals surface area contributed by atoms with Gasteiger partial charge in [0, 0.05) is 19.2 Å². The SMILES string of the molecule is CCNCc1coc(COCCOC)c1. The van der Waals surface area contributed by atoms with Gasteiger partial charge in [0.05, 0.1) is 19.5 Å². The Balaban J connectivity index is 2.20. The second-order valence-electron chi connectivity index (χ2n) is 3.25. The van der Waals surface area contributed by atoms with Crippen LogP contribution >= 0.6 is 0 Å². The normalized spacial score (nSPS) is 10.8. The van der Waals surface area contributed by atoms with Crippen LogP contribution in [-0.4, -0.2) is 26.9 Å². The second kappa shape index (κ2) is 7.45. The van der Waals surface area contributed by atoms with Gasteiger partial charge in [-0.1, -0.05) is 6.92 Å². The molecule has 1 heterocycles. The fourth-order valence-corrected chi connectivity index (χ4v) is 1.18. The third-order valence-corrected chi connectivity index (χ3v) is 1.96. The maximum atomic E-state index is 5.34. The van der Waals surface area contributed by atoms with Crippen LogP contribution in [0.5, 0.6) is 0 Å². The molecule has 15 heavy (non-hydrogen) atoms. The molecule has 0 spiro atoms. The summed E-state index contributed by atoms with van der Waals surface area (Å²) in [5.41, 5.74) is 1.15. The molecule has 0 amide bonds. The molecule has 0 bridgehead atoms. The largest absolute Gasteiger partial charge is 0.467 e. The first-order valence-electron chi connectivity index (χ1n) is 5.20. The van der Waals surface area contributed by atoms with Crippen molar-refractivity contribution in [3.05, 3.63) is 23.7 Å². The molecule has 0 radical (unpaired) electrons. The minimum atomic E-state index is 0.509. The Hall–Kier alpha value is -0.840. The highest BCUT2D eigenvalue weighted by atomic mass is 16.5. The zero-order valence-corrected chi connectivity index (χ0v) is 9.41. The van der Waals surface area contributed by atoms with Crippen molar-refractivity contribution < 1.29 is 13.9 Å². The van der Waals surface area contributed by atoms with Gasteiger partial charge in [-0.05, 0) is 12.6 Å². The number of rotatable bonds is 8. The zero-order chi connectivity index (χ0) is 10.9. The highest BCUT2D eigenvalue weighted by Crippen LogP contribution is 2.08. The van der Waals surface area contributed by atoms with Crippen molar-refractivity contribution in [3.8, 4) is 0 Å². The molecule has 0 atom stereocenters. The molecule has 0 aliphatic heterocycles. The molecule has 0 aromatic carbocycles. The Morgan fingerprint density at radius 1 is 1.40 bits per heavy atom. The van der Waals surface area contributed by atoms with Crippen molar-refractivity contribution in [2.45, 2.75) is 20.1 Å². The number of hydrogen-bond donors (Lipinski definition) is 1. The van der Waals surface area contributed by atoms with Gasteiger partial charge in [0.1, 0.15) is 12.4 Å². The Labute approximate surface area is 90.6 Å². The van der Waals surface area contributed by atoms with Crippen molar-refractivity contribution in [2.75, 3.05) is 26.9 Å². The molecular formula is C11H19NO3. The third kappa shape index (κ3) is 4.97. The standard InChI is InChI=1S/C11H19NO3/c1-3-12-7-10-6-11(15-8-10)9-14-5-4-13-2/h6,8,12H,3-5,7,9H2,1-2H3. The molecule has 0 aliphatic carbocycles. The van der Waals surface area contributed by atoms with Crippen LogP contribution in [0.3, 0.4) is 0 Å². The predicted molar refractivity (Wildman–Crippen MR) is 57.6 cm³/mol. The van der Waals surface area contributed by atoms with E-state index in [1.807, 2.05) is 6.07 Å². The van der Waals surface area contributed by atoms with Crippen LogP contribution in [0.1, 0.15) is 18.2 Å². The van der Waals surface area contributed by atoms with Gasteiger partial charge in [-0.2, -0.15) is 0 Å². The highest BCUT2D eigenvalue weighted by Gasteiger charge is 2.01. The van der Waals surface area contributed by atoms with E-state index in [4.69, 9.17) is 13.9 Å². The van der Waals surface area contributed by atoms with Crippen molar-refractivity contribution in [1.82, 2.24) is 5.32 Å². The van der Waals surface area contributed by atoms with E-state index in [1.165, 1.54) is 0 Å². The van der Waals surface area contributed by atoms with E-state index in [9.17, 15) is 0 Å². The molecule has 1 rings (SSSR count). The maximum absolute atomic E-state index is 5.34. The average molecular weight is 213 g/mol. The molecule has 1 aromatic rings. The van der Waals surface area contributed by atoms with Gasteiger partial charge in [-0.15, -0.1) is 0 Å². The van der Waals surface area contributed by atoms with Gasteiger partial charge in [0.25, 0.3) is 0 Å². The third-order valence-electron chi connectivity index (χ3n) is 1.96. The Bertz CT molecular complexity index is 260. The van der Waals surface area contributed by atoms with E-state index in [-0.39, 0.29) is 0 Å². The molecule has 0 aliphatic rings. The summed E-state index contributed by atoms with van der Waals surface area (Å²) in [4.78, 5) is 0. The number of nitrogens with one attached hydrogen (secondary N) is 1. The fourth-order valence-electron chi connectivity index (χ4n) is 1.18. The monoisotopic (exact) mass is 213 g/mol. The lowest BCUT2D eigenvalue weighted by atomic mass is 10.3. The van der Waals surface area contributed by atoms with Gasteiger partial charge in [0.15, 0.2) is 0 Å².